The summed E-state index contributed by atoms with van der Waals surface area (Å²) in [6.07, 6.45) is 10.3. The minimum absolute atomic E-state index is 0.0818. The summed E-state index contributed by atoms with van der Waals surface area (Å²) in [5, 5.41) is 16.1. The fourth-order valence-electron chi connectivity index (χ4n) is 4.32. The van der Waals surface area contributed by atoms with Gasteiger partial charge in [-0.15, -0.1) is 0 Å². The fourth-order valence-corrected chi connectivity index (χ4v) is 4.32. The van der Waals surface area contributed by atoms with Crippen molar-refractivity contribution in [3.8, 4) is 6.07 Å². The van der Waals surface area contributed by atoms with E-state index in [1.165, 1.54) is 17.4 Å². The average molecular weight is 502 g/mol. The van der Waals surface area contributed by atoms with Gasteiger partial charge in [0.1, 0.15) is 17.5 Å². The number of aromatic nitrogens is 2. The molecule has 0 spiro atoms. The maximum Gasteiger partial charge on any atom is 0.327 e. The lowest BCUT2D eigenvalue weighted by Gasteiger charge is -2.34. The van der Waals surface area contributed by atoms with Crippen LogP contribution >= 0.6 is 0 Å². The lowest BCUT2D eigenvalue weighted by molar-refractivity contribution is 0.194. The number of carbonyl (C=O) groups excluding carboxylic acids is 1. The summed E-state index contributed by atoms with van der Waals surface area (Å²) in [6.45, 7) is 7.42. The molecule has 0 aliphatic carbocycles. The van der Waals surface area contributed by atoms with Gasteiger partial charge in [0.15, 0.2) is 0 Å². The summed E-state index contributed by atoms with van der Waals surface area (Å²) in [5.74, 6) is 0.908. The molecule has 1 aromatic carbocycles. The molecule has 1 fully saturated rings. The molecule has 0 radical (unpaired) electrons. The summed E-state index contributed by atoms with van der Waals surface area (Å²) in [5.41, 5.74) is 3.76. The van der Waals surface area contributed by atoms with E-state index in [9.17, 15) is 10.1 Å². The monoisotopic (exact) mass is 501 g/mol. The van der Waals surface area contributed by atoms with Crippen LogP contribution in [-0.4, -0.2) is 84.1 Å². The smallest absolute Gasteiger partial charge is 0.327 e. The Morgan fingerprint density at radius 3 is 2.65 bits per heavy atom. The number of nitrogens with one attached hydrogen (secondary N) is 2. The van der Waals surface area contributed by atoms with Crippen LogP contribution in [-0.2, 0) is 6.42 Å². The van der Waals surface area contributed by atoms with Crippen LogP contribution in [0.15, 0.2) is 48.9 Å². The van der Waals surface area contributed by atoms with Gasteiger partial charge in [0.05, 0.1) is 6.20 Å². The van der Waals surface area contributed by atoms with Gasteiger partial charge in [-0.2, -0.15) is 10.2 Å². The van der Waals surface area contributed by atoms with Crippen molar-refractivity contribution in [2.45, 2.75) is 19.8 Å². The highest BCUT2D eigenvalue weighted by molar-refractivity contribution is 5.76. The van der Waals surface area contributed by atoms with Gasteiger partial charge in [0.25, 0.3) is 0 Å². The second-order valence-electron chi connectivity index (χ2n) is 9.23. The number of amides is 2. The van der Waals surface area contributed by atoms with E-state index in [1.54, 1.807) is 29.2 Å². The minimum atomic E-state index is -0.0818. The number of hydrogen-bond donors (Lipinski definition) is 2. The van der Waals surface area contributed by atoms with E-state index in [0.29, 0.717) is 36.8 Å². The van der Waals surface area contributed by atoms with Crippen LogP contribution in [0.1, 0.15) is 24.5 Å². The van der Waals surface area contributed by atoms with E-state index in [1.807, 2.05) is 12.2 Å². The number of urea groups is 1. The Balaban J connectivity index is 1.39. The number of nitrogens with zero attached hydrogens (tertiary/aromatic N) is 7. The Morgan fingerprint density at radius 2 is 1.89 bits per heavy atom. The number of carbonyl (C=O) groups is 1. The number of benzene rings is 1. The molecular formula is C27H35N9O. The van der Waals surface area contributed by atoms with Gasteiger partial charge in [0, 0.05) is 70.1 Å². The zero-order valence-electron chi connectivity index (χ0n) is 21.8. The molecule has 0 atom stereocenters. The third kappa shape index (κ3) is 6.57. The summed E-state index contributed by atoms with van der Waals surface area (Å²) in [7, 11) is 3.89. The lowest BCUT2D eigenvalue weighted by atomic mass is 10.1. The summed E-state index contributed by atoms with van der Waals surface area (Å²) < 4.78 is 0. The van der Waals surface area contributed by atoms with Crippen molar-refractivity contribution in [2.75, 3.05) is 68.9 Å². The van der Waals surface area contributed by atoms with E-state index in [0.717, 1.165) is 38.3 Å². The van der Waals surface area contributed by atoms with Gasteiger partial charge < -0.3 is 30.2 Å². The molecule has 2 aromatic rings. The first-order valence-electron chi connectivity index (χ1n) is 12.7. The van der Waals surface area contributed by atoms with Crippen LogP contribution in [0.2, 0.25) is 0 Å². The van der Waals surface area contributed by atoms with E-state index in [-0.39, 0.29) is 6.03 Å². The molecule has 2 amide bonds. The SMILES string of the molecule is CCc1cc(N2CCN(C)CC2)ccc1Nc1ncc(C#N)c(NCCCN2C=CC=CN(C)C2=O)n1. The highest BCUT2D eigenvalue weighted by Crippen LogP contribution is 2.27. The van der Waals surface area contributed by atoms with Gasteiger partial charge in [-0.05, 0) is 55.8 Å². The van der Waals surface area contributed by atoms with Crippen LogP contribution in [0.5, 0.6) is 0 Å². The maximum atomic E-state index is 12.4. The standard InChI is InChI=1S/C27H35N9O/c1-4-21-18-23(35-16-14-33(2)15-17-35)8-9-24(21)31-26-30-20-22(19-28)25(32-26)29-10-7-13-36-12-6-5-11-34(3)27(36)37/h5-6,8-9,11-12,18,20H,4,7,10,13-17H2,1-3H3,(H2,29,30,31,32). The highest BCUT2D eigenvalue weighted by Gasteiger charge is 2.17. The van der Waals surface area contributed by atoms with Crippen molar-refractivity contribution in [1.29, 1.82) is 5.26 Å². The van der Waals surface area contributed by atoms with E-state index in [4.69, 9.17) is 0 Å². The Kier molecular flexibility index (Phi) is 8.59. The zero-order valence-corrected chi connectivity index (χ0v) is 21.8. The van der Waals surface area contributed by atoms with Crippen LogP contribution in [0.3, 0.4) is 0 Å². The molecule has 37 heavy (non-hydrogen) atoms. The molecule has 0 unspecified atom stereocenters. The molecule has 1 aromatic heterocycles. The normalized spacial score (nSPS) is 16.1. The van der Waals surface area contributed by atoms with Gasteiger partial charge in [-0.3, -0.25) is 0 Å². The molecule has 4 rings (SSSR count). The lowest BCUT2D eigenvalue weighted by Crippen LogP contribution is -2.44. The molecule has 2 aliphatic heterocycles. The van der Waals surface area contributed by atoms with Crippen molar-refractivity contribution >= 4 is 29.2 Å². The number of likely N-dealkylation sites (N-methyl/N-ethyl adjacent to an activating group) is 1. The first-order chi connectivity index (χ1) is 18.0. The number of piperazine rings is 1. The maximum absolute atomic E-state index is 12.4. The van der Waals surface area contributed by atoms with Crippen molar-refractivity contribution < 1.29 is 4.79 Å². The topological polar surface area (TPSA) is 104 Å². The minimum Gasteiger partial charge on any atom is -0.369 e. The van der Waals surface area contributed by atoms with Gasteiger partial charge in [-0.1, -0.05) is 6.92 Å². The van der Waals surface area contributed by atoms with Crippen molar-refractivity contribution in [1.82, 2.24) is 24.7 Å². The largest absolute Gasteiger partial charge is 0.369 e. The van der Waals surface area contributed by atoms with E-state index >= 15 is 0 Å². The predicted molar refractivity (Wildman–Crippen MR) is 147 cm³/mol. The third-order valence-corrected chi connectivity index (χ3v) is 6.60. The number of rotatable bonds is 9. The van der Waals surface area contributed by atoms with Gasteiger partial charge in [0.2, 0.25) is 5.95 Å². The summed E-state index contributed by atoms with van der Waals surface area (Å²) >= 11 is 0. The number of hydrogen-bond acceptors (Lipinski definition) is 8. The van der Waals surface area contributed by atoms with E-state index in [2.05, 4.69) is 68.6 Å². The summed E-state index contributed by atoms with van der Waals surface area (Å²) in [6, 6.07) is 8.53. The number of aryl methyl sites for hydroxylation is 1. The second kappa shape index (κ2) is 12.2. The Morgan fingerprint density at radius 1 is 1.11 bits per heavy atom. The quantitative estimate of drug-likeness (QED) is 0.503. The molecule has 3 heterocycles. The highest BCUT2D eigenvalue weighted by atomic mass is 16.2. The van der Waals surface area contributed by atoms with Crippen molar-refractivity contribution in [3.63, 3.8) is 0 Å². The second-order valence-corrected chi connectivity index (χ2v) is 9.23. The number of allylic oxidation sites excluding steroid dienone is 2. The van der Waals surface area contributed by atoms with Gasteiger partial charge >= 0.3 is 6.03 Å². The molecule has 194 valence electrons. The summed E-state index contributed by atoms with van der Waals surface area (Å²) in [4.78, 5) is 29.3. The van der Waals surface area contributed by atoms with Crippen LogP contribution < -0.4 is 15.5 Å². The third-order valence-electron chi connectivity index (χ3n) is 6.60. The molecule has 2 aliphatic rings. The molecule has 2 N–H and O–H groups in total. The molecule has 10 heteroatoms. The van der Waals surface area contributed by atoms with Crippen LogP contribution in [0, 0.1) is 11.3 Å². The molecule has 1 saturated heterocycles. The Hall–Kier alpha value is -4.10. The fraction of sp³-hybridized carbons (Fsp3) is 0.407. The van der Waals surface area contributed by atoms with E-state index < -0.39 is 0 Å². The van der Waals surface area contributed by atoms with Crippen molar-refractivity contribution in [3.05, 3.63) is 60.1 Å². The van der Waals surface area contributed by atoms with Crippen LogP contribution in [0.4, 0.5) is 27.9 Å². The average Bonchev–Trinajstić information content (AvgIpc) is 3.07. The first kappa shape index (κ1) is 26.0. The van der Waals surface area contributed by atoms with Crippen LogP contribution in [0.25, 0.3) is 0 Å². The Bertz CT molecular complexity index is 1190. The molecular weight excluding hydrogens is 466 g/mol. The number of anilines is 4. The first-order valence-corrected chi connectivity index (χ1v) is 12.7. The molecule has 10 nitrogen and oxygen atoms in total. The number of nitriles is 1. The predicted octanol–water partition coefficient (Wildman–Crippen LogP) is 3.60. The molecule has 0 bridgehead atoms. The van der Waals surface area contributed by atoms with Gasteiger partial charge in [-0.25, -0.2) is 9.78 Å². The zero-order chi connectivity index (χ0) is 26.2. The van der Waals surface area contributed by atoms with Crippen molar-refractivity contribution in [2.24, 2.45) is 0 Å². The molecule has 0 saturated carbocycles. The Labute approximate surface area is 218 Å².